The molecule has 4 heteroatoms. The van der Waals surface area contributed by atoms with Crippen LogP contribution in [0.3, 0.4) is 0 Å². The summed E-state index contributed by atoms with van der Waals surface area (Å²) in [6, 6.07) is 6.47. The van der Waals surface area contributed by atoms with Crippen LogP contribution < -0.4 is 10.6 Å². The monoisotopic (exact) mass is 320 g/mol. The molecule has 2 N–H and O–H groups in total. The van der Waals surface area contributed by atoms with Gasteiger partial charge in [-0.25, -0.2) is 0 Å². The van der Waals surface area contributed by atoms with E-state index >= 15 is 0 Å². The lowest BCUT2D eigenvalue weighted by Gasteiger charge is -2.31. The molecule has 0 saturated heterocycles. The fourth-order valence-electron chi connectivity index (χ4n) is 3.12. The van der Waals surface area contributed by atoms with Crippen LogP contribution in [0.1, 0.15) is 47.1 Å². The molecule has 1 aromatic rings. The van der Waals surface area contributed by atoms with Gasteiger partial charge in [0.15, 0.2) is 0 Å². The molecule has 0 aliphatic rings. The van der Waals surface area contributed by atoms with Crippen LogP contribution in [0.4, 0.5) is 11.4 Å². The highest BCUT2D eigenvalue weighted by Crippen LogP contribution is 2.25. The molecule has 2 unspecified atom stereocenters. The first-order chi connectivity index (χ1) is 11.0. The van der Waals surface area contributed by atoms with Gasteiger partial charge >= 0.3 is 0 Å². The maximum absolute atomic E-state index is 3.66. The van der Waals surface area contributed by atoms with E-state index in [1.54, 1.807) is 0 Å². The molecule has 1 aromatic carbocycles. The average molecular weight is 321 g/mol. The Morgan fingerprint density at radius 3 is 1.43 bits per heavy atom. The van der Waals surface area contributed by atoms with Gasteiger partial charge in [-0.2, -0.15) is 0 Å². The lowest BCUT2D eigenvalue weighted by Crippen LogP contribution is -2.39. The fourth-order valence-corrected chi connectivity index (χ4v) is 3.12. The van der Waals surface area contributed by atoms with Gasteiger partial charge in [-0.1, -0.05) is 33.8 Å². The summed E-state index contributed by atoms with van der Waals surface area (Å²) >= 11 is 0. The minimum atomic E-state index is 0.333. The van der Waals surface area contributed by atoms with Crippen molar-refractivity contribution in [3.63, 3.8) is 0 Å². The molecule has 0 fully saturated rings. The molecule has 0 aliphatic carbocycles. The quantitative estimate of drug-likeness (QED) is 0.633. The first-order valence-electron chi connectivity index (χ1n) is 9.09. The molecule has 132 valence electrons. The number of hydrogen-bond acceptors (Lipinski definition) is 4. The SMILES string of the molecule is CCN(CC)C(C)Nc1cccc(NC(C)N(CC)CC)c1C. The highest BCUT2D eigenvalue weighted by Gasteiger charge is 2.14. The Hall–Kier alpha value is -1.26. The van der Waals surface area contributed by atoms with Crippen LogP contribution in [0.5, 0.6) is 0 Å². The summed E-state index contributed by atoms with van der Waals surface area (Å²) in [5, 5.41) is 7.31. The molecule has 0 saturated carbocycles. The standard InChI is InChI=1S/C19H36N4/c1-8-22(9-2)16(6)20-18-13-12-14-19(15(18)5)21-17(7)23(10-3)11-4/h12-14,16-17,20-21H,8-11H2,1-7H3. The summed E-state index contributed by atoms with van der Waals surface area (Å²) in [7, 11) is 0. The van der Waals surface area contributed by atoms with Gasteiger partial charge in [0.2, 0.25) is 0 Å². The molecule has 1 rings (SSSR count). The molecule has 23 heavy (non-hydrogen) atoms. The number of nitrogens with zero attached hydrogens (tertiary/aromatic N) is 2. The van der Waals surface area contributed by atoms with Crippen molar-refractivity contribution in [3.8, 4) is 0 Å². The topological polar surface area (TPSA) is 30.5 Å². The lowest BCUT2D eigenvalue weighted by atomic mass is 10.1. The first kappa shape index (κ1) is 19.8. The van der Waals surface area contributed by atoms with Gasteiger partial charge in [-0.3, -0.25) is 9.80 Å². The summed E-state index contributed by atoms with van der Waals surface area (Å²) in [5.41, 5.74) is 3.70. The molecular formula is C19H36N4. The minimum Gasteiger partial charge on any atom is -0.370 e. The summed E-state index contributed by atoms with van der Waals surface area (Å²) in [5.74, 6) is 0. The molecule has 0 amide bonds. The van der Waals surface area contributed by atoms with Crippen molar-refractivity contribution in [2.45, 2.75) is 60.8 Å². The Balaban J connectivity index is 2.85. The van der Waals surface area contributed by atoms with Crippen molar-refractivity contribution in [1.29, 1.82) is 0 Å². The second-order valence-corrected chi connectivity index (χ2v) is 6.06. The van der Waals surface area contributed by atoms with E-state index in [1.807, 2.05) is 0 Å². The van der Waals surface area contributed by atoms with Crippen molar-refractivity contribution in [2.24, 2.45) is 0 Å². The summed E-state index contributed by atoms with van der Waals surface area (Å²) in [6.45, 7) is 19.7. The molecule has 4 nitrogen and oxygen atoms in total. The molecule has 0 bridgehead atoms. The third kappa shape index (κ3) is 5.40. The average Bonchev–Trinajstić information content (AvgIpc) is 2.53. The van der Waals surface area contributed by atoms with Crippen LogP contribution in [0.25, 0.3) is 0 Å². The summed E-state index contributed by atoms with van der Waals surface area (Å²) in [4.78, 5) is 4.83. The third-order valence-corrected chi connectivity index (χ3v) is 4.78. The number of hydrogen-bond donors (Lipinski definition) is 2. The van der Waals surface area contributed by atoms with E-state index in [0.29, 0.717) is 12.3 Å². The van der Waals surface area contributed by atoms with Crippen molar-refractivity contribution in [2.75, 3.05) is 36.8 Å². The number of nitrogens with one attached hydrogen (secondary N) is 2. The molecular weight excluding hydrogens is 284 g/mol. The van der Waals surface area contributed by atoms with Crippen LogP contribution in [0, 0.1) is 6.92 Å². The maximum atomic E-state index is 3.66. The van der Waals surface area contributed by atoms with E-state index in [1.165, 1.54) is 16.9 Å². The molecule has 0 aliphatic heterocycles. The lowest BCUT2D eigenvalue weighted by molar-refractivity contribution is 0.252. The van der Waals surface area contributed by atoms with Gasteiger partial charge in [0.1, 0.15) is 0 Å². The van der Waals surface area contributed by atoms with Gasteiger partial charge in [-0.05, 0) is 64.6 Å². The largest absolute Gasteiger partial charge is 0.370 e. The second kappa shape index (κ2) is 9.78. The van der Waals surface area contributed by atoms with E-state index in [4.69, 9.17) is 0 Å². The number of benzene rings is 1. The van der Waals surface area contributed by atoms with E-state index in [2.05, 4.69) is 87.1 Å². The van der Waals surface area contributed by atoms with E-state index in [-0.39, 0.29) is 0 Å². The molecule has 0 aromatic heterocycles. The highest BCUT2D eigenvalue weighted by molar-refractivity contribution is 5.65. The van der Waals surface area contributed by atoms with E-state index in [0.717, 1.165) is 26.2 Å². The van der Waals surface area contributed by atoms with Gasteiger partial charge in [0.05, 0.1) is 12.3 Å². The Morgan fingerprint density at radius 2 is 1.13 bits per heavy atom. The fraction of sp³-hybridized carbons (Fsp3) is 0.684. The Kier molecular flexibility index (Phi) is 8.42. The van der Waals surface area contributed by atoms with Gasteiger partial charge in [0, 0.05) is 11.4 Å². The van der Waals surface area contributed by atoms with Gasteiger partial charge in [-0.15, -0.1) is 0 Å². The van der Waals surface area contributed by atoms with Crippen molar-refractivity contribution >= 4 is 11.4 Å². The van der Waals surface area contributed by atoms with Crippen molar-refractivity contribution < 1.29 is 0 Å². The van der Waals surface area contributed by atoms with Crippen LogP contribution in [-0.4, -0.2) is 48.3 Å². The first-order valence-corrected chi connectivity index (χ1v) is 9.09. The molecule has 0 heterocycles. The van der Waals surface area contributed by atoms with Gasteiger partial charge < -0.3 is 10.6 Å². The van der Waals surface area contributed by atoms with Crippen molar-refractivity contribution in [3.05, 3.63) is 23.8 Å². The molecule has 0 radical (unpaired) electrons. The second-order valence-electron chi connectivity index (χ2n) is 6.06. The van der Waals surface area contributed by atoms with Crippen LogP contribution in [0.2, 0.25) is 0 Å². The van der Waals surface area contributed by atoms with E-state index in [9.17, 15) is 0 Å². The predicted molar refractivity (Wildman–Crippen MR) is 103 cm³/mol. The van der Waals surface area contributed by atoms with Crippen LogP contribution in [-0.2, 0) is 0 Å². The molecule has 2 atom stereocenters. The zero-order chi connectivity index (χ0) is 17.4. The normalized spacial score (nSPS) is 14.1. The zero-order valence-corrected chi connectivity index (χ0v) is 16.1. The smallest absolute Gasteiger partial charge is 0.0764 e. The summed E-state index contributed by atoms with van der Waals surface area (Å²) < 4.78 is 0. The zero-order valence-electron chi connectivity index (χ0n) is 16.1. The highest BCUT2D eigenvalue weighted by atomic mass is 15.3. The Bertz CT molecular complexity index is 414. The van der Waals surface area contributed by atoms with Gasteiger partial charge in [0.25, 0.3) is 0 Å². The molecule has 0 spiro atoms. The Morgan fingerprint density at radius 1 is 0.783 bits per heavy atom. The maximum Gasteiger partial charge on any atom is 0.0764 e. The number of anilines is 2. The Labute approximate surface area is 143 Å². The van der Waals surface area contributed by atoms with E-state index < -0.39 is 0 Å². The van der Waals surface area contributed by atoms with Crippen LogP contribution >= 0.6 is 0 Å². The van der Waals surface area contributed by atoms with Crippen LogP contribution in [0.15, 0.2) is 18.2 Å². The summed E-state index contributed by atoms with van der Waals surface area (Å²) in [6.07, 6.45) is 0.665. The predicted octanol–water partition coefficient (Wildman–Crippen LogP) is 4.19. The minimum absolute atomic E-state index is 0.333. The van der Waals surface area contributed by atoms with Crippen molar-refractivity contribution in [1.82, 2.24) is 9.80 Å². The third-order valence-electron chi connectivity index (χ3n) is 4.78. The number of rotatable bonds is 10.